The van der Waals surface area contributed by atoms with Crippen molar-refractivity contribution < 1.29 is 14.3 Å². The summed E-state index contributed by atoms with van der Waals surface area (Å²) >= 11 is 0. The van der Waals surface area contributed by atoms with Gasteiger partial charge in [-0.15, -0.1) is 0 Å². The van der Waals surface area contributed by atoms with Crippen LogP contribution in [0.3, 0.4) is 0 Å². The number of rotatable bonds is 6. The molecular formula is C16H23NO3. The van der Waals surface area contributed by atoms with Crippen molar-refractivity contribution in [3.8, 4) is 5.75 Å². The van der Waals surface area contributed by atoms with Crippen LogP contribution in [0.15, 0.2) is 24.3 Å². The predicted octanol–water partition coefficient (Wildman–Crippen LogP) is 2.24. The van der Waals surface area contributed by atoms with Gasteiger partial charge in [-0.1, -0.05) is 19.1 Å². The molecule has 0 aliphatic carbocycles. The highest BCUT2D eigenvalue weighted by atomic mass is 16.5. The van der Waals surface area contributed by atoms with Crippen LogP contribution < -0.4 is 4.74 Å². The molecule has 1 aromatic rings. The van der Waals surface area contributed by atoms with Gasteiger partial charge in [-0.3, -0.25) is 9.69 Å². The molecule has 1 atom stereocenters. The Balaban J connectivity index is 1.83. The van der Waals surface area contributed by atoms with Crippen molar-refractivity contribution in [3.05, 3.63) is 29.8 Å². The molecule has 1 aromatic carbocycles. The number of carbonyl (C=O) groups excluding carboxylic acids is 1. The van der Waals surface area contributed by atoms with Gasteiger partial charge in [-0.2, -0.15) is 0 Å². The zero-order valence-corrected chi connectivity index (χ0v) is 12.3. The van der Waals surface area contributed by atoms with Gasteiger partial charge in [0.25, 0.3) is 0 Å². The van der Waals surface area contributed by atoms with E-state index < -0.39 is 0 Å². The van der Waals surface area contributed by atoms with Gasteiger partial charge < -0.3 is 9.47 Å². The van der Waals surface area contributed by atoms with E-state index in [-0.39, 0.29) is 5.78 Å². The number of hydrogen-bond acceptors (Lipinski definition) is 4. The van der Waals surface area contributed by atoms with Gasteiger partial charge in [0, 0.05) is 25.6 Å². The number of hydrogen-bond donors (Lipinski definition) is 0. The van der Waals surface area contributed by atoms with Gasteiger partial charge in [-0.25, -0.2) is 0 Å². The van der Waals surface area contributed by atoms with Crippen molar-refractivity contribution in [2.75, 3.05) is 39.5 Å². The Kier molecular flexibility index (Phi) is 5.56. The molecule has 0 bridgehead atoms. The first-order valence-corrected chi connectivity index (χ1v) is 7.19. The van der Waals surface area contributed by atoms with Crippen LogP contribution in [-0.4, -0.2) is 50.1 Å². The standard InChI is InChI=1S/C16H23NO3/c1-13(11-17-7-9-19-10-8-17)12-20-16-6-4-3-5-15(16)14(2)18/h3-6,13H,7-12H2,1-2H3. The number of Topliss-reactive ketones (excluding diaryl/α,β-unsaturated/α-hetero) is 1. The second-order valence-electron chi connectivity index (χ2n) is 5.38. The fraction of sp³-hybridized carbons (Fsp3) is 0.562. The minimum absolute atomic E-state index is 0.0430. The number of morpholine rings is 1. The molecule has 20 heavy (non-hydrogen) atoms. The molecule has 0 saturated carbocycles. The van der Waals surface area contributed by atoms with Crippen LogP contribution in [0, 0.1) is 5.92 Å². The van der Waals surface area contributed by atoms with Crippen LogP contribution in [0.4, 0.5) is 0 Å². The van der Waals surface area contributed by atoms with E-state index in [1.54, 1.807) is 6.92 Å². The molecule has 0 aromatic heterocycles. The molecule has 0 radical (unpaired) electrons. The van der Waals surface area contributed by atoms with E-state index in [1.165, 1.54) is 0 Å². The van der Waals surface area contributed by atoms with Gasteiger partial charge in [0.15, 0.2) is 5.78 Å². The SMILES string of the molecule is CC(=O)c1ccccc1OCC(C)CN1CCOCC1. The smallest absolute Gasteiger partial charge is 0.163 e. The largest absolute Gasteiger partial charge is 0.493 e. The van der Waals surface area contributed by atoms with Crippen molar-refractivity contribution in [1.29, 1.82) is 0 Å². The van der Waals surface area contributed by atoms with E-state index in [1.807, 2.05) is 24.3 Å². The molecule has 4 heteroatoms. The van der Waals surface area contributed by atoms with Crippen LogP contribution in [0.25, 0.3) is 0 Å². The molecule has 0 spiro atoms. The Bertz CT molecular complexity index is 441. The normalized spacial score (nSPS) is 17.7. The fourth-order valence-electron chi connectivity index (χ4n) is 2.39. The monoisotopic (exact) mass is 277 g/mol. The van der Waals surface area contributed by atoms with Crippen molar-refractivity contribution in [3.63, 3.8) is 0 Å². The second kappa shape index (κ2) is 7.41. The molecule has 110 valence electrons. The van der Waals surface area contributed by atoms with E-state index in [0.29, 0.717) is 23.8 Å². The minimum Gasteiger partial charge on any atom is -0.493 e. The van der Waals surface area contributed by atoms with Crippen molar-refractivity contribution in [2.24, 2.45) is 5.92 Å². The van der Waals surface area contributed by atoms with E-state index in [9.17, 15) is 4.79 Å². The van der Waals surface area contributed by atoms with Crippen molar-refractivity contribution in [2.45, 2.75) is 13.8 Å². The van der Waals surface area contributed by atoms with Crippen LogP contribution in [-0.2, 0) is 4.74 Å². The lowest BCUT2D eigenvalue weighted by Crippen LogP contribution is -2.39. The summed E-state index contributed by atoms with van der Waals surface area (Å²) in [4.78, 5) is 13.9. The summed E-state index contributed by atoms with van der Waals surface area (Å²) < 4.78 is 11.2. The van der Waals surface area contributed by atoms with Gasteiger partial charge in [0.2, 0.25) is 0 Å². The van der Waals surface area contributed by atoms with E-state index in [4.69, 9.17) is 9.47 Å². The molecule has 1 aliphatic rings. The molecule has 0 amide bonds. The topological polar surface area (TPSA) is 38.8 Å². The third-order valence-electron chi connectivity index (χ3n) is 3.46. The molecule has 1 heterocycles. The maximum atomic E-state index is 11.5. The molecule has 4 nitrogen and oxygen atoms in total. The van der Waals surface area contributed by atoms with Gasteiger partial charge in [0.1, 0.15) is 5.75 Å². The zero-order valence-electron chi connectivity index (χ0n) is 12.3. The van der Waals surface area contributed by atoms with Crippen LogP contribution in [0.1, 0.15) is 24.2 Å². The predicted molar refractivity (Wildman–Crippen MR) is 78.4 cm³/mol. The van der Waals surface area contributed by atoms with Gasteiger partial charge >= 0.3 is 0 Å². The highest BCUT2D eigenvalue weighted by Gasteiger charge is 2.15. The van der Waals surface area contributed by atoms with Gasteiger partial charge in [0.05, 0.1) is 25.4 Å². The molecule has 2 rings (SSSR count). The first kappa shape index (κ1) is 15.0. The van der Waals surface area contributed by atoms with E-state index in [2.05, 4.69) is 11.8 Å². The van der Waals surface area contributed by atoms with Crippen molar-refractivity contribution >= 4 is 5.78 Å². The van der Waals surface area contributed by atoms with E-state index in [0.717, 1.165) is 32.8 Å². The Morgan fingerprint density at radius 2 is 2.05 bits per heavy atom. The lowest BCUT2D eigenvalue weighted by atomic mass is 10.1. The maximum absolute atomic E-state index is 11.5. The summed E-state index contributed by atoms with van der Waals surface area (Å²) in [5, 5.41) is 0. The number of benzene rings is 1. The minimum atomic E-state index is 0.0430. The van der Waals surface area contributed by atoms with Crippen LogP contribution in [0.2, 0.25) is 0 Å². The Hall–Kier alpha value is -1.39. The van der Waals surface area contributed by atoms with E-state index >= 15 is 0 Å². The molecule has 1 aliphatic heterocycles. The third-order valence-corrected chi connectivity index (χ3v) is 3.46. The molecular weight excluding hydrogens is 254 g/mol. The molecule has 1 saturated heterocycles. The average molecular weight is 277 g/mol. The zero-order chi connectivity index (χ0) is 14.4. The number of ketones is 1. The summed E-state index contributed by atoms with van der Waals surface area (Å²) in [6, 6.07) is 7.43. The lowest BCUT2D eigenvalue weighted by molar-refractivity contribution is 0.0283. The summed E-state index contributed by atoms with van der Waals surface area (Å²) in [7, 11) is 0. The summed E-state index contributed by atoms with van der Waals surface area (Å²) in [6.45, 7) is 9.00. The average Bonchev–Trinajstić information content (AvgIpc) is 2.46. The Morgan fingerprint density at radius 3 is 2.75 bits per heavy atom. The Morgan fingerprint density at radius 1 is 1.35 bits per heavy atom. The second-order valence-corrected chi connectivity index (χ2v) is 5.38. The number of para-hydroxylation sites is 1. The molecule has 0 N–H and O–H groups in total. The summed E-state index contributed by atoms with van der Waals surface area (Å²) in [5.41, 5.74) is 0.658. The first-order valence-electron chi connectivity index (χ1n) is 7.19. The van der Waals surface area contributed by atoms with Crippen LogP contribution >= 0.6 is 0 Å². The highest BCUT2D eigenvalue weighted by molar-refractivity contribution is 5.96. The first-order chi connectivity index (χ1) is 9.66. The fourth-order valence-corrected chi connectivity index (χ4v) is 2.39. The highest BCUT2D eigenvalue weighted by Crippen LogP contribution is 2.19. The molecule has 1 unspecified atom stereocenters. The number of nitrogens with zero attached hydrogens (tertiary/aromatic N) is 1. The number of ether oxygens (including phenoxy) is 2. The Labute approximate surface area is 120 Å². The van der Waals surface area contributed by atoms with Gasteiger partial charge in [-0.05, 0) is 19.1 Å². The third kappa shape index (κ3) is 4.32. The maximum Gasteiger partial charge on any atom is 0.163 e. The molecule has 1 fully saturated rings. The van der Waals surface area contributed by atoms with Crippen LogP contribution in [0.5, 0.6) is 5.75 Å². The quantitative estimate of drug-likeness (QED) is 0.748. The number of carbonyl (C=O) groups is 1. The lowest BCUT2D eigenvalue weighted by Gasteiger charge is -2.29. The van der Waals surface area contributed by atoms with Crippen molar-refractivity contribution in [1.82, 2.24) is 4.90 Å². The summed E-state index contributed by atoms with van der Waals surface area (Å²) in [5.74, 6) is 1.16. The summed E-state index contributed by atoms with van der Waals surface area (Å²) in [6.07, 6.45) is 0.